The second-order valence-electron chi connectivity index (χ2n) is 7.96. The predicted octanol–water partition coefficient (Wildman–Crippen LogP) is 2.51. The Hall–Kier alpha value is -0.640. The first-order chi connectivity index (χ1) is 14.1. The van der Waals surface area contributed by atoms with Gasteiger partial charge in [-0.25, -0.2) is 4.79 Å². The molecule has 0 radical (unpaired) electrons. The van der Waals surface area contributed by atoms with E-state index in [1.54, 1.807) is 69.2 Å². The van der Waals surface area contributed by atoms with Gasteiger partial charge in [-0.15, -0.1) is 0 Å². The minimum absolute atomic E-state index is 0.156. The van der Waals surface area contributed by atoms with Crippen LogP contribution in [0.25, 0.3) is 0 Å². The van der Waals surface area contributed by atoms with Gasteiger partial charge in [0.1, 0.15) is 6.10 Å². The van der Waals surface area contributed by atoms with Gasteiger partial charge in [0.05, 0.1) is 6.10 Å². The van der Waals surface area contributed by atoms with E-state index in [-0.39, 0.29) is 36.1 Å². The molecule has 0 bridgehead atoms. The van der Waals surface area contributed by atoms with E-state index in [0.717, 1.165) is 0 Å². The molecule has 3 atom stereocenters. The summed E-state index contributed by atoms with van der Waals surface area (Å²) in [7, 11) is 1.99. The first-order valence-electron chi connectivity index (χ1n) is 10.5. The summed E-state index contributed by atoms with van der Waals surface area (Å²) in [6, 6.07) is 0. The van der Waals surface area contributed by atoms with E-state index in [0.29, 0.717) is 0 Å². The average Bonchev–Trinajstić information content (AvgIpc) is 2.49. The molecule has 0 aromatic rings. The van der Waals surface area contributed by atoms with Crippen molar-refractivity contribution in [1.82, 2.24) is 0 Å². The van der Waals surface area contributed by atoms with Crippen LogP contribution < -0.4 is 0 Å². The van der Waals surface area contributed by atoms with Crippen LogP contribution in [0.1, 0.15) is 83.1 Å². The number of aliphatic carboxylic acids is 1. The van der Waals surface area contributed by atoms with Gasteiger partial charge in [0.25, 0.3) is 0 Å². The number of hydrogen-bond acceptors (Lipinski definition) is 8. The molecule has 0 aliphatic rings. The minimum atomic E-state index is -1.01. The van der Waals surface area contributed by atoms with Gasteiger partial charge in [-0.1, -0.05) is 0 Å². The van der Waals surface area contributed by atoms with Gasteiger partial charge in [-0.2, -0.15) is 0 Å². The molecule has 0 aromatic carbocycles. The Morgan fingerprint density at radius 1 is 0.656 bits per heavy atom. The van der Waals surface area contributed by atoms with Crippen molar-refractivity contribution in [2.75, 3.05) is 0 Å². The molecule has 0 saturated heterocycles. The smallest absolute Gasteiger partial charge is 0.331 e. The number of rotatable bonds is 4. The standard InChI is InChI=1S/C7H13O4P.5C3H8O/c1-4(7(9)10)3-6(11-12)5(2)8;5*1-3(2)4/h3,5-6,8H,12H2,1-2H3,(H,9,10);5*3-4H,1-2H3. The molecule has 32 heavy (non-hydrogen) atoms. The van der Waals surface area contributed by atoms with Crippen LogP contribution in [-0.4, -0.2) is 84.4 Å². The van der Waals surface area contributed by atoms with E-state index in [1.807, 2.05) is 9.47 Å². The van der Waals surface area contributed by atoms with Crippen LogP contribution in [0.4, 0.5) is 0 Å². The van der Waals surface area contributed by atoms with E-state index < -0.39 is 18.2 Å². The van der Waals surface area contributed by atoms with Crippen LogP contribution in [0.3, 0.4) is 0 Å². The molecule has 0 aromatic heterocycles. The zero-order valence-electron chi connectivity index (χ0n) is 22.1. The molecule has 9 nitrogen and oxygen atoms in total. The van der Waals surface area contributed by atoms with Crippen LogP contribution in [0.15, 0.2) is 11.6 Å². The van der Waals surface area contributed by atoms with E-state index in [2.05, 4.69) is 0 Å². The maximum absolute atomic E-state index is 10.4. The first kappa shape index (κ1) is 44.9. The average molecular weight is 493 g/mol. The summed E-state index contributed by atoms with van der Waals surface area (Å²) < 4.78 is 4.76. The third-order valence-corrected chi connectivity index (χ3v) is 1.70. The van der Waals surface area contributed by atoms with E-state index in [1.165, 1.54) is 19.9 Å². The molecule has 0 amide bonds. The van der Waals surface area contributed by atoms with Gasteiger partial charge >= 0.3 is 5.97 Å². The summed E-state index contributed by atoms with van der Waals surface area (Å²) in [5.74, 6) is -1.01. The van der Waals surface area contributed by atoms with Gasteiger partial charge < -0.3 is 40.3 Å². The Balaban J connectivity index is -0.0000000706. The monoisotopic (exact) mass is 492 g/mol. The zero-order chi connectivity index (χ0) is 27.6. The molecular weight excluding hydrogens is 439 g/mol. The molecule has 0 spiro atoms. The summed E-state index contributed by atoms with van der Waals surface area (Å²) in [5, 5.41) is 57.8. The van der Waals surface area contributed by atoms with Crippen LogP contribution in [0, 0.1) is 0 Å². The Morgan fingerprint density at radius 2 is 0.844 bits per heavy atom. The molecule has 10 heteroatoms. The molecule has 0 rings (SSSR count). The molecule has 200 valence electrons. The van der Waals surface area contributed by atoms with Crippen molar-refractivity contribution in [3.8, 4) is 0 Å². The summed E-state index contributed by atoms with van der Waals surface area (Å²) in [6.45, 7) is 20.2. The highest BCUT2D eigenvalue weighted by atomic mass is 31.0. The van der Waals surface area contributed by atoms with Crippen LogP contribution in [0.2, 0.25) is 0 Å². The van der Waals surface area contributed by atoms with Crippen molar-refractivity contribution in [1.29, 1.82) is 0 Å². The predicted molar refractivity (Wildman–Crippen MR) is 134 cm³/mol. The summed E-state index contributed by atoms with van der Waals surface area (Å²) >= 11 is 0. The van der Waals surface area contributed by atoms with Gasteiger partial charge in [-0.3, -0.25) is 0 Å². The Kier molecular flexibility index (Phi) is 45.7. The lowest BCUT2D eigenvalue weighted by atomic mass is 10.1. The summed E-state index contributed by atoms with van der Waals surface area (Å²) in [4.78, 5) is 10.4. The lowest BCUT2D eigenvalue weighted by Crippen LogP contribution is -2.21. The van der Waals surface area contributed by atoms with Crippen molar-refractivity contribution in [2.45, 2.75) is 126 Å². The number of aliphatic hydroxyl groups excluding tert-OH is 6. The fraction of sp³-hybridized carbons (Fsp3) is 0.864. The Morgan fingerprint density at radius 3 is 0.938 bits per heavy atom. The highest BCUT2D eigenvalue weighted by Gasteiger charge is 2.12. The number of carboxylic acids is 1. The van der Waals surface area contributed by atoms with Crippen LogP contribution in [0.5, 0.6) is 0 Å². The number of aliphatic hydroxyl groups is 6. The van der Waals surface area contributed by atoms with Crippen molar-refractivity contribution in [2.24, 2.45) is 0 Å². The topological polar surface area (TPSA) is 168 Å². The molecule has 0 saturated carbocycles. The molecule has 0 heterocycles. The molecule has 0 fully saturated rings. The van der Waals surface area contributed by atoms with E-state index >= 15 is 0 Å². The van der Waals surface area contributed by atoms with Gasteiger partial charge in [0, 0.05) is 45.6 Å². The van der Waals surface area contributed by atoms with Crippen molar-refractivity contribution in [3.63, 3.8) is 0 Å². The maximum Gasteiger partial charge on any atom is 0.331 e. The first-order valence-corrected chi connectivity index (χ1v) is 11.0. The lowest BCUT2D eigenvalue weighted by molar-refractivity contribution is -0.132. The normalized spacial score (nSPS) is 12.1. The fourth-order valence-corrected chi connectivity index (χ4v) is 0.916. The number of carboxylic acid groups (broad SMARTS) is 1. The number of hydrogen-bond donors (Lipinski definition) is 7. The second kappa shape index (κ2) is 32.5. The molecule has 0 aliphatic heterocycles. The molecule has 7 N–H and O–H groups in total. The molecule has 0 aliphatic carbocycles. The van der Waals surface area contributed by atoms with Crippen LogP contribution in [-0.2, 0) is 9.32 Å². The molecule has 3 unspecified atom stereocenters. The van der Waals surface area contributed by atoms with Crippen molar-refractivity contribution in [3.05, 3.63) is 11.6 Å². The van der Waals surface area contributed by atoms with E-state index in [4.69, 9.17) is 40.3 Å². The van der Waals surface area contributed by atoms with Gasteiger partial charge in [-0.05, 0) is 89.2 Å². The lowest BCUT2D eigenvalue weighted by Gasteiger charge is -2.13. The quantitative estimate of drug-likeness (QED) is 0.230. The Labute approximate surface area is 198 Å². The van der Waals surface area contributed by atoms with Gasteiger partial charge in [0.15, 0.2) is 0 Å². The van der Waals surface area contributed by atoms with E-state index in [9.17, 15) is 4.79 Å². The third-order valence-electron chi connectivity index (χ3n) is 1.38. The van der Waals surface area contributed by atoms with Crippen molar-refractivity contribution >= 4 is 15.4 Å². The SMILES string of the molecule is CC(=CC(OP)C(C)O)C(=O)O.CC(C)O.CC(C)O.CC(C)O.CC(C)O.CC(C)O. The highest BCUT2D eigenvalue weighted by Crippen LogP contribution is 2.08. The largest absolute Gasteiger partial charge is 0.478 e. The fourth-order valence-electron chi connectivity index (χ4n) is 0.610. The van der Waals surface area contributed by atoms with Crippen molar-refractivity contribution < 1.29 is 45.1 Å². The third kappa shape index (κ3) is 132. The van der Waals surface area contributed by atoms with Gasteiger partial charge in [0.2, 0.25) is 0 Å². The maximum atomic E-state index is 10.4. The summed E-state index contributed by atoms with van der Waals surface area (Å²) in [6.07, 6.45) is -0.789. The van der Waals surface area contributed by atoms with Crippen LogP contribution >= 0.6 is 9.47 Å². The second-order valence-corrected chi connectivity index (χ2v) is 8.24. The highest BCUT2D eigenvalue weighted by molar-refractivity contribution is 7.09. The molecular formula is C22H53O9P. The summed E-state index contributed by atoms with van der Waals surface area (Å²) in [5.41, 5.74) is 0.156. The number of carbonyl (C=O) groups is 1. The zero-order valence-corrected chi connectivity index (χ0v) is 23.3. The Bertz CT molecular complexity index is 335. The minimum Gasteiger partial charge on any atom is -0.478 e.